The lowest BCUT2D eigenvalue weighted by molar-refractivity contribution is -0.384. The van der Waals surface area contributed by atoms with Crippen LogP contribution in [0.1, 0.15) is 31.2 Å². The third-order valence-corrected chi connectivity index (χ3v) is 7.49. The molecule has 0 aliphatic carbocycles. The third-order valence-electron chi connectivity index (χ3n) is 6.27. The van der Waals surface area contributed by atoms with E-state index >= 15 is 0 Å². The van der Waals surface area contributed by atoms with Crippen molar-refractivity contribution in [2.24, 2.45) is 4.99 Å². The van der Waals surface area contributed by atoms with Gasteiger partial charge in [-0.3, -0.25) is 19.5 Å². The molecule has 40 heavy (non-hydrogen) atoms. The number of rotatable bonds is 7. The van der Waals surface area contributed by atoms with Crippen molar-refractivity contribution in [1.82, 2.24) is 4.57 Å². The minimum Gasteiger partial charge on any atom is -0.497 e. The lowest BCUT2D eigenvalue weighted by Gasteiger charge is -2.24. The summed E-state index contributed by atoms with van der Waals surface area (Å²) in [5.74, 6) is 0.633. The number of allylic oxidation sites excluding steroid dienone is 1. The molecule has 0 radical (unpaired) electrons. The quantitative estimate of drug-likeness (QED) is 0.177. The number of furan rings is 1. The van der Waals surface area contributed by atoms with Gasteiger partial charge in [-0.1, -0.05) is 35.1 Å². The monoisotopic (exact) mass is 579 g/mol. The summed E-state index contributed by atoms with van der Waals surface area (Å²) in [7, 11) is 1.55. The standard InChI is InChI=1S/C28H22ClN3O7S/c1-4-38-27(34)24-15(2)30-28-31(25(24)16-5-8-18(37-3)9-6-16)26(33)23(40-28)14-19-10-12-22(39-19)20-11-7-17(29)13-21(20)32(35)36/h5-14,25H,4H2,1-3H3/b23-14+/t25-/m0/s1. The van der Waals surface area contributed by atoms with E-state index in [9.17, 15) is 19.7 Å². The fraction of sp³-hybridized carbons (Fsp3) is 0.179. The number of halogens is 1. The maximum Gasteiger partial charge on any atom is 0.338 e. The molecule has 0 spiro atoms. The van der Waals surface area contributed by atoms with Crippen LogP contribution < -0.4 is 19.6 Å². The predicted octanol–water partition coefficient (Wildman–Crippen LogP) is 4.63. The summed E-state index contributed by atoms with van der Waals surface area (Å²) in [5.41, 5.74) is 1.07. The lowest BCUT2D eigenvalue weighted by Crippen LogP contribution is -2.39. The summed E-state index contributed by atoms with van der Waals surface area (Å²) in [6, 6.07) is 13.8. The molecule has 1 aliphatic rings. The van der Waals surface area contributed by atoms with E-state index in [1.54, 1.807) is 63.4 Å². The second-order valence-corrected chi connectivity index (χ2v) is 10.1. The maximum atomic E-state index is 13.8. The Bertz CT molecular complexity index is 1850. The number of carbonyl (C=O) groups is 1. The van der Waals surface area contributed by atoms with Crippen LogP contribution in [-0.2, 0) is 9.53 Å². The van der Waals surface area contributed by atoms with E-state index < -0.39 is 16.9 Å². The van der Waals surface area contributed by atoms with Gasteiger partial charge < -0.3 is 13.9 Å². The number of carbonyl (C=O) groups excluding carboxylic acids is 1. The van der Waals surface area contributed by atoms with E-state index in [2.05, 4.69) is 4.99 Å². The maximum absolute atomic E-state index is 13.8. The molecule has 0 saturated heterocycles. The van der Waals surface area contributed by atoms with Crippen molar-refractivity contribution in [3.05, 3.63) is 112 Å². The second-order valence-electron chi connectivity index (χ2n) is 8.70. The summed E-state index contributed by atoms with van der Waals surface area (Å²) in [6.07, 6.45) is 1.55. The van der Waals surface area contributed by atoms with E-state index in [1.807, 2.05) is 0 Å². The Balaban J connectivity index is 1.63. The molecule has 0 saturated carbocycles. The first kappa shape index (κ1) is 27.1. The fourth-order valence-corrected chi connectivity index (χ4v) is 5.65. The first-order valence-electron chi connectivity index (χ1n) is 12.1. The molecule has 2 aromatic heterocycles. The number of esters is 1. The van der Waals surface area contributed by atoms with Crippen molar-refractivity contribution >= 4 is 40.7 Å². The molecular formula is C28H22ClN3O7S. The highest BCUT2D eigenvalue weighted by Crippen LogP contribution is 2.34. The van der Waals surface area contributed by atoms with Crippen molar-refractivity contribution in [3.8, 4) is 17.1 Å². The molecule has 3 heterocycles. The van der Waals surface area contributed by atoms with Crippen LogP contribution in [0.15, 0.2) is 80.1 Å². The number of fused-ring (bicyclic) bond motifs is 1. The average molecular weight is 580 g/mol. The number of nitro benzene ring substituents is 1. The Morgan fingerprint density at radius 3 is 2.65 bits per heavy atom. The van der Waals surface area contributed by atoms with Gasteiger partial charge in [-0.25, -0.2) is 9.79 Å². The SMILES string of the molecule is CCOC(=O)C1=C(C)N=c2s/c(=C/c3ccc(-c4ccc(Cl)cc4[N+](=O)[O-])o3)c(=O)n2[C@H]1c1ccc(OC)cc1. The van der Waals surface area contributed by atoms with Gasteiger partial charge in [0.25, 0.3) is 11.2 Å². The van der Waals surface area contributed by atoms with Gasteiger partial charge in [0.15, 0.2) is 4.80 Å². The van der Waals surface area contributed by atoms with Crippen LogP contribution in [0.25, 0.3) is 17.4 Å². The molecule has 0 fully saturated rings. The molecule has 0 N–H and O–H groups in total. The first-order chi connectivity index (χ1) is 19.2. The van der Waals surface area contributed by atoms with E-state index in [0.717, 1.165) is 11.3 Å². The summed E-state index contributed by atoms with van der Waals surface area (Å²) < 4.78 is 18.2. The number of hydrogen-bond acceptors (Lipinski definition) is 9. The molecule has 0 unspecified atom stereocenters. The highest BCUT2D eigenvalue weighted by atomic mass is 35.5. The molecule has 1 aliphatic heterocycles. The van der Waals surface area contributed by atoms with Crippen LogP contribution >= 0.6 is 22.9 Å². The minimum absolute atomic E-state index is 0.169. The van der Waals surface area contributed by atoms with Gasteiger partial charge in [0.05, 0.1) is 46.0 Å². The second kappa shape index (κ2) is 10.9. The van der Waals surface area contributed by atoms with Crippen molar-refractivity contribution in [1.29, 1.82) is 0 Å². The Labute approximate surface area is 236 Å². The Morgan fingerprint density at radius 2 is 1.98 bits per heavy atom. The Hall–Kier alpha value is -4.48. The van der Waals surface area contributed by atoms with Crippen LogP contribution in [-0.4, -0.2) is 29.2 Å². The molecule has 0 amide bonds. The van der Waals surface area contributed by atoms with Crippen LogP contribution in [0.3, 0.4) is 0 Å². The molecule has 12 heteroatoms. The lowest BCUT2D eigenvalue weighted by atomic mass is 9.96. The summed E-state index contributed by atoms with van der Waals surface area (Å²) in [6.45, 7) is 3.58. The number of nitrogens with zero attached hydrogens (tertiary/aromatic N) is 3. The normalized spacial score (nSPS) is 15.0. The summed E-state index contributed by atoms with van der Waals surface area (Å²) in [4.78, 5) is 42.7. The van der Waals surface area contributed by atoms with Crippen LogP contribution in [0.4, 0.5) is 5.69 Å². The summed E-state index contributed by atoms with van der Waals surface area (Å²) in [5, 5.41) is 11.8. The molecule has 0 bridgehead atoms. The van der Waals surface area contributed by atoms with Crippen LogP contribution in [0, 0.1) is 10.1 Å². The van der Waals surface area contributed by atoms with Gasteiger partial charge in [0, 0.05) is 17.2 Å². The number of nitro groups is 1. The number of thiazole rings is 1. The van der Waals surface area contributed by atoms with E-state index in [0.29, 0.717) is 32.1 Å². The zero-order valence-electron chi connectivity index (χ0n) is 21.5. The average Bonchev–Trinajstić information content (AvgIpc) is 3.52. The highest BCUT2D eigenvalue weighted by Gasteiger charge is 2.33. The van der Waals surface area contributed by atoms with E-state index in [4.69, 9.17) is 25.5 Å². The largest absolute Gasteiger partial charge is 0.497 e. The molecule has 204 valence electrons. The van der Waals surface area contributed by atoms with Crippen LogP contribution in [0.5, 0.6) is 5.75 Å². The van der Waals surface area contributed by atoms with Gasteiger partial charge in [0.1, 0.15) is 17.3 Å². The Kier molecular flexibility index (Phi) is 7.42. The number of aromatic nitrogens is 1. The summed E-state index contributed by atoms with van der Waals surface area (Å²) >= 11 is 7.07. The number of methoxy groups -OCH3 is 1. The molecule has 2 aromatic carbocycles. The smallest absolute Gasteiger partial charge is 0.338 e. The van der Waals surface area contributed by atoms with Gasteiger partial charge in [-0.05, 0) is 55.8 Å². The van der Waals surface area contributed by atoms with Crippen molar-refractivity contribution < 1.29 is 23.6 Å². The predicted molar refractivity (Wildman–Crippen MR) is 149 cm³/mol. The van der Waals surface area contributed by atoms with Crippen LogP contribution in [0.2, 0.25) is 5.02 Å². The Morgan fingerprint density at radius 1 is 1.23 bits per heavy atom. The van der Waals surface area contributed by atoms with E-state index in [1.165, 1.54) is 22.8 Å². The minimum atomic E-state index is -0.771. The number of benzene rings is 2. The number of ether oxygens (including phenoxy) is 2. The van der Waals surface area contributed by atoms with Crippen molar-refractivity contribution in [2.75, 3.05) is 13.7 Å². The van der Waals surface area contributed by atoms with Crippen molar-refractivity contribution in [3.63, 3.8) is 0 Å². The fourth-order valence-electron chi connectivity index (χ4n) is 4.46. The zero-order chi connectivity index (χ0) is 28.6. The van der Waals surface area contributed by atoms with Crippen molar-refractivity contribution in [2.45, 2.75) is 19.9 Å². The molecular weight excluding hydrogens is 558 g/mol. The van der Waals surface area contributed by atoms with Gasteiger partial charge in [-0.2, -0.15) is 0 Å². The first-order valence-corrected chi connectivity index (χ1v) is 13.3. The zero-order valence-corrected chi connectivity index (χ0v) is 23.1. The topological polar surface area (TPSA) is 126 Å². The highest BCUT2D eigenvalue weighted by molar-refractivity contribution is 7.07. The molecule has 1 atom stereocenters. The van der Waals surface area contributed by atoms with Gasteiger partial charge in [-0.15, -0.1) is 0 Å². The molecule has 10 nitrogen and oxygen atoms in total. The molecule has 4 aromatic rings. The number of hydrogen-bond donors (Lipinski definition) is 0. The van der Waals surface area contributed by atoms with Gasteiger partial charge in [0.2, 0.25) is 0 Å². The third kappa shape index (κ3) is 4.96. The van der Waals surface area contributed by atoms with E-state index in [-0.39, 0.29) is 39.8 Å². The molecule has 5 rings (SSSR count). The van der Waals surface area contributed by atoms with Gasteiger partial charge >= 0.3 is 5.97 Å².